The average Bonchev–Trinajstić information content (AvgIpc) is 3.11. The van der Waals surface area contributed by atoms with Gasteiger partial charge < -0.3 is 9.73 Å². The number of amides is 1. The Labute approximate surface area is 153 Å². The van der Waals surface area contributed by atoms with Crippen LogP contribution in [0.1, 0.15) is 12.5 Å². The van der Waals surface area contributed by atoms with Crippen LogP contribution in [0.25, 0.3) is 11.5 Å². The van der Waals surface area contributed by atoms with Gasteiger partial charge in [0.25, 0.3) is 5.22 Å². The van der Waals surface area contributed by atoms with Gasteiger partial charge >= 0.3 is 0 Å². The van der Waals surface area contributed by atoms with Crippen LogP contribution in [-0.2, 0) is 4.79 Å². The number of thioether (sulfide) groups is 1. The van der Waals surface area contributed by atoms with Crippen LogP contribution >= 0.6 is 11.8 Å². The maximum Gasteiger partial charge on any atom is 0.277 e. The van der Waals surface area contributed by atoms with Crippen LogP contribution in [0.15, 0.2) is 58.2 Å². The van der Waals surface area contributed by atoms with Gasteiger partial charge in [-0.05, 0) is 55.5 Å². The fourth-order valence-corrected chi connectivity index (χ4v) is 2.73. The van der Waals surface area contributed by atoms with Gasteiger partial charge in [-0.1, -0.05) is 11.8 Å². The number of rotatable bonds is 5. The molecule has 0 unspecified atom stereocenters. The number of hydrogen-bond acceptors (Lipinski definition) is 6. The van der Waals surface area contributed by atoms with E-state index in [-0.39, 0.29) is 22.8 Å². The minimum Gasteiger partial charge on any atom is -0.411 e. The maximum atomic E-state index is 13.0. The molecule has 0 aliphatic heterocycles. The van der Waals surface area contributed by atoms with Crippen molar-refractivity contribution in [3.8, 4) is 17.5 Å². The molecule has 0 saturated carbocycles. The Bertz CT molecular complexity index is 949. The van der Waals surface area contributed by atoms with Gasteiger partial charge in [-0.3, -0.25) is 4.79 Å². The van der Waals surface area contributed by atoms with Crippen LogP contribution in [-0.4, -0.2) is 21.4 Å². The summed E-state index contributed by atoms with van der Waals surface area (Å²) in [6.07, 6.45) is 0. The Morgan fingerprint density at radius 2 is 1.88 bits per heavy atom. The lowest BCUT2D eigenvalue weighted by Gasteiger charge is -2.09. The first kappa shape index (κ1) is 17.6. The average molecular weight is 368 g/mol. The number of anilines is 1. The van der Waals surface area contributed by atoms with Gasteiger partial charge in [-0.15, -0.1) is 10.2 Å². The fraction of sp³-hybridized carbons (Fsp3) is 0.111. The van der Waals surface area contributed by atoms with Gasteiger partial charge in [-0.2, -0.15) is 5.26 Å². The summed E-state index contributed by atoms with van der Waals surface area (Å²) in [6.45, 7) is 1.71. The molecule has 0 saturated heterocycles. The van der Waals surface area contributed by atoms with E-state index in [4.69, 9.17) is 9.68 Å². The zero-order chi connectivity index (χ0) is 18.5. The number of hydrogen-bond donors (Lipinski definition) is 1. The first-order chi connectivity index (χ1) is 12.5. The number of nitrogens with one attached hydrogen (secondary N) is 1. The smallest absolute Gasteiger partial charge is 0.277 e. The van der Waals surface area contributed by atoms with E-state index in [2.05, 4.69) is 15.5 Å². The predicted molar refractivity (Wildman–Crippen MR) is 94.8 cm³/mol. The first-order valence-electron chi connectivity index (χ1n) is 7.62. The third-order valence-corrected chi connectivity index (χ3v) is 4.36. The lowest BCUT2D eigenvalue weighted by atomic mass is 10.2. The van der Waals surface area contributed by atoms with E-state index >= 15 is 0 Å². The molecule has 1 aromatic heterocycles. The third kappa shape index (κ3) is 4.26. The highest BCUT2D eigenvalue weighted by Crippen LogP contribution is 2.26. The minimum absolute atomic E-state index is 0.235. The largest absolute Gasteiger partial charge is 0.411 e. The summed E-state index contributed by atoms with van der Waals surface area (Å²) >= 11 is 1.12. The van der Waals surface area contributed by atoms with Crippen molar-refractivity contribution < 1.29 is 13.6 Å². The van der Waals surface area contributed by atoms with Crippen LogP contribution in [0.3, 0.4) is 0 Å². The second-order valence-corrected chi connectivity index (χ2v) is 6.61. The van der Waals surface area contributed by atoms with Crippen LogP contribution in [0, 0.1) is 17.1 Å². The normalized spacial score (nSPS) is 11.6. The molecule has 6 nitrogen and oxygen atoms in total. The van der Waals surface area contributed by atoms with Crippen molar-refractivity contribution in [3.63, 3.8) is 0 Å². The van der Waals surface area contributed by atoms with Gasteiger partial charge in [0.2, 0.25) is 11.8 Å². The van der Waals surface area contributed by atoms with Crippen molar-refractivity contribution in [3.05, 3.63) is 59.9 Å². The zero-order valence-corrected chi connectivity index (χ0v) is 14.5. The fourth-order valence-electron chi connectivity index (χ4n) is 2.04. The SMILES string of the molecule is C[C@H](Sc1nnc(-c2ccc(F)cc2)o1)C(=O)Nc1ccc(C#N)cc1. The molecule has 2 aromatic carbocycles. The summed E-state index contributed by atoms with van der Waals surface area (Å²) in [5, 5.41) is 19.1. The highest BCUT2D eigenvalue weighted by atomic mass is 32.2. The van der Waals surface area contributed by atoms with E-state index in [1.165, 1.54) is 12.1 Å². The molecule has 26 heavy (non-hydrogen) atoms. The minimum atomic E-state index is -0.479. The zero-order valence-electron chi connectivity index (χ0n) is 13.6. The van der Waals surface area contributed by atoms with E-state index in [1.54, 1.807) is 43.3 Å². The van der Waals surface area contributed by atoms with Crippen LogP contribution in [0.5, 0.6) is 0 Å². The van der Waals surface area contributed by atoms with Crippen LogP contribution in [0.4, 0.5) is 10.1 Å². The Balaban J connectivity index is 1.62. The van der Waals surface area contributed by atoms with Crippen molar-refractivity contribution in [2.24, 2.45) is 0 Å². The van der Waals surface area contributed by atoms with Gasteiger partial charge in [0.05, 0.1) is 16.9 Å². The molecular formula is C18H13FN4O2S. The van der Waals surface area contributed by atoms with E-state index in [0.717, 1.165) is 11.8 Å². The quantitative estimate of drug-likeness (QED) is 0.688. The Morgan fingerprint density at radius 1 is 1.19 bits per heavy atom. The molecule has 0 bridgehead atoms. The topological polar surface area (TPSA) is 91.8 Å². The molecule has 0 aliphatic rings. The van der Waals surface area contributed by atoms with Gasteiger partial charge in [-0.25, -0.2) is 4.39 Å². The molecule has 1 heterocycles. The summed E-state index contributed by atoms with van der Waals surface area (Å²) in [7, 11) is 0. The lowest BCUT2D eigenvalue weighted by molar-refractivity contribution is -0.115. The van der Waals surface area contributed by atoms with Crippen LogP contribution < -0.4 is 5.32 Å². The second kappa shape index (κ2) is 7.80. The molecule has 130 valence electrons. The van der Waals surface area contributed by atoms with Gasteiger partial charge in [0, 0.05) is 11.3 Å². The predicted octanol–water partition coefficient (Wildman–Crippen LogP) is 3.87. The number of nitrogens with zero attached hydrogens (tertiary/aromatic N) is 3. The monoisotopic (exact) mass is 368 g/mol. The summed E-state index contributed by atoms with van der Waals surface area (Å²) in [6, 6.07) is 14.3. The molecule has 1 N–H and O–H groups in total. The number of carbonyl (C=O) groups excluding carboxylic acids is 1. The Morgan fingerprint density at radius 3 is 2.54 bits per heavy atom. The highest BCUT2D eigenvalue weighted by molar-refractivity contribution is 8.00. The lowest BCUT2D eigenvalue weighted by Crippen LogP contribution is -2.22. The summed E-state index contributed by atoms with van der Waals surface area (Å²) in [5.74, 6) is -0.329. The van der Waals surface area contributed by atoms with Gasteiger partial charge in [0.15, 0.2) is 0 Å². The highest BCUT2D eigenvalue weighted by Gasteiger charge is 2.19. The van der Waals surface area contributed by atoms with Crippen molar-refractivity contribution >= 4 is 23.4 Å². The van der Waals surface area contributed by atoms with Crippen LogP contribution in [0.2, 0.25) is 0 Å². The van der Waals surface area contributed by atoms with Crippen molar-refractivity contribution in [1.29, 1.82) is 5.26 Å². The second-order valence-electron chi connectivity index (χ2n) is 5.32. The van der Waals surface area contributed by atoms with E-state index in [0.29, 0.717) is 16.8 Å². The maximum absolute atomic E-state index is 13.0. The third-order valence-electron chi connectivity index (χ3n) is 3.43. The standard InChI is InChI=1S/C18H13FN4O2S/c1-11(16(24)21-15-8-2-12(10-20)3-9-15)26-18-23-22-17(25-18)13-4-6-14(19)7-5-13/h2-9,11H,1H3,(H,21,24)/t11-/m0/s1. The van der Waals surface area contributed by atoms with Crippen molar-refractivity contribution in [1.82, 2.24) is 10.2 Å². The Hall–Kier alpha value is -3.18. The first-order valence-corrected chi connectivity index (χ1v) is 8.50. The molecule has 8 heteroatoms. The van der Waals surface area contributed by atoms with E-state index < -0.39 is 5.25 Å². The molecule has 1 atom stereocenters. The number of aromatic nitrogens is 2. The van der Waals surface area contributed by atoms with Crippen molar-refractivity contribution in [2.45, 2.75) is 17.4 Å². The molecule has 0 aliphatic carbocycles. The Kier molecular flexibility index (Phi) is 5.29. The summed E-state index contributed by atoms with van der Waals surface area (Å²) < 4.78 is 18.5. The number of nitriles is 1. The summed E-state index contributed by atoms with van der Waals surface area (Å²) in [4.78, 5) is 12.3. The molecule has 3 rings (SSSR count). The molecule has 0 fully saturated rings. The molecule has 0 radical (unpaired) electrons. The molecule has 1 amide bonds. The number of halogens is 1. The molecular weight excluding hydrogens is 355 g/mol. The molecule has 3 aromatic rings. The van der Waals surface area contributed by atoms with E-state index in [9.17, 15) is 9.18 Å². The van der Waals surface area contributed by atoms with E-state index in [1.807, 2.05) is 6.07 Å². The summed E-state index contributed by atoms with van der Waals surface area (Å²) in [5.41, 5.74) is 1.71. The number of carbonyl (C=O) groups is 1. The number of benzene rings is 2. The van der Waals surface area contributed by atoms with Gasteiger partial charge in [0.1, 0.15) is 5.82 Å². The van der Waals surface area contributed by atoms with Crippen molar-refractivity contribution in [2.75, 3.05) is 5.32 Å². The molecule has 0 spiro atoms.